The van der Waals surface area contributed by atoms with Crippen LogP contribution in [0.4, 0.5) is 5.82 Å². The predicted molar refractivity (Wildman–Crippen MR) is 82.6 cm³/mol. The molecular formula is C15H12N7O. The van der Waals surface area contributed by atoms with Gasteiger partial charge in [-0.15, -0.1) is 0 Å². The van der Waals surface area contributed by atoms with E-state index in [0.29, 0.717) is 5.82 Å². The maximum absolute atomic E-state index is 11.9. The highest BCUT2D eigenvalue weighted by molar-refractivity contribution is 5.93. The van der Waals surface area contributed by atoms with Gasteiger partial charge < -0.3 is 10.3 Å². The Morgan fingerprint density at radius 2 is 2.26 bits per heavy atom. The molecule has 0 spiro atoms. The smallest absolute Gasteiger partial charge is 0.272 e. The Morgan fingerprint density at radius 1 is 1.43 bits per heavy atom. The lowest BCUT2D eigenvalue weighted by Crippen LogP contribution is -2.24. The second-order valence-electron chi connectivity index (χ2n) is 4.90. The van der Waals surface area contributed by atoms with E-state index in [1.165, 1.54) is 6.20 Å². The van der Waals surface area contributed by atoms with Crippen molar-refractivity contribution in [3.8, 4) is 17.6 Å². The number of carbonyl (C=O) groups excluding carboxylic acids is 1. The second kappa shape index (κ2) is 5.73. The second-order valence-corrected chi connectivity index (χ2v) is 4.90. The van der Waals surface area contributed by atoms with E-state index in [9.17, 15) is 4.79 Å². The Bertz CT molecular complexity index is 939. The average molecular weight is 306 g/mol. The Morgan fingerprint density at radius 3 is 3.04 bits per heavy atom. The molecule has 0 saturated carbocycles. The molecular weight excluding hydrogens is 294 g/mol. The molecule has 0 bridgehead atoms. The summed E-state index contributed by atoms with van der Waals surface area (Å²) in [6.07, 6.45) is 1.20. The molecule has 113 valence electrons. The number of fused-ring (bicyclic) bond motifs is 1. The summed E-state index contributed by atoms with van der Waals surface area (Å²) in [5.74, 6) is -0.233. The number of H-pyrrole nitrogens is 1. The fourth-order valence-electron chi connectivity index (χ4n) is 2.11. The SMILES string of the molecule is Cc1ccc2nc(-c3nc(C(=O)NCC#N)cnc3[NH])[nH]c2c1. The number of aromatic nitrogens is 4. The van der Waals surface area contributed by atoms with Crippen molar-refractivity contribution >= 4 is 22.8 Å². The van der Waals surface area contributed by atoms with E-state index in [0.717, 1.165) is 16.6 Å². The van der Waals surface area contributed by atoms with Crippen LogP contribution in [-0.2, 0) is 0 Å². The number of carbonyl (C=O) groups is 1. The third-order valence-electron chi connectivity index (χ3n) is 3.19. The van der Waals surface area contributed by atoms with Gasteiger partial charge in [-0.05, 0) is 24.6 Å². The number of aromatic amines is 1. The van der Waals surface area contributed by atoms with Crippen LogP contribution < -0.4 is 11.1 Å². The van der Waals surface area contributed by atoms with E-state index in [-0.39, 0.29) is 23.8 Å². The number of benzene rings is 1. The monoisotopic (exact) mass is 306 g/mol. The molecule has 8 nitrogen and oxygen atoms in total. The van der Waals surface area contributed by atoms with E-state index in [4.69, 9.17) is 11.0 Å². The van der Waals surface area contributed by atoms with Crippen molar-refractivity contribution in [3.63, 3.8) is 0 Å². The van der Waals surface area contributed by atoms with Crippen molar-refractivity contribution in [1.82, 2.24) is 31.0 Å². The number of nitrogens with zero attached hydrogens (tertiary/aromatic N) is 4. The van der Waals surface area contributed by atoms with Crippen LogP contribution in [-0.4, -0.2) is 32.4 Å². The summed E-state index contributed by atoms with van der Waals surface area (Å²) in [6.45, 7) is 1.85. The van der Waals surface area contributed by atoms with Gasteiger partial charge in [-0.1, -0.05) is 6.07 Å². The van der Waals surface area contributed by atoms with Gasteiger partial charge in [-0.25, -0.2) is 15.0 Å². The van der Waals surface area contributed by atoms with Gasteiger partial charge in [-0.2, -0.15) is 5.26 Å². The van der Waals surface area contributed by atoms with Crippen LogP contribution in [0.15, 0.2) is 24.4 Å². The maximum Gasteiger partial charge on any atom is 0.272 e. The van der Waals surface area contributed by atoms with Crippen molar-refractivity contribution in [2.75, 3.05) is 6.54 Å². The highest BCUT2D eigenvalue weighted by Crippen LogP contribution is 2.23. The number of rotatable bonds is 3. The highest BCUT2D eigenvalue weighted by Gasteiger charge is 2.16. The summed E-state index contributed by atoms with van der Waals surface area (Å²) in [5, 5.41) is 10.9. The van der Waals surface area contributed by atoms with Crippen LogP contribution in [0.5, 0.6) is 0 Å². The number of hydrogen-bond donors (Lipinski definition) is 2. The van der Waals surface area contributed by atoms with Gasteiger partial charge >= 0.3 is 0 Å². The van der Waals surface area contributed by atoms with Crippen LogP contribution in [0.2, 0.25) is 0 Å². The standard InChI is InChI=1S/C15H12N7O/c1-8-2-3-9-10(6-8)22-14(21-9)12-13(17)19-7-11(20-12)15(23)18-5-4-16/h2-3,6-7,17H,5H2,1H3,(H,18,23)(H,21,22). The lowest BCUT2D eigenvalue weighted by Gasteiger charge is -2.03. The molecule has 2 heterocycles. The van der Waals surface area contributed by atoms with E-state index < -0.39 is 5.91 Å². The van der Waals surface area contributed by atoms with Crippen molar-refractivity contribution in [3.05, 3.63) is 35.7 Å². The van der Waals surface area contributed by atoms with Crippen molar-refractivity contribution in [2.45, 2.75) is 6.92 Å². The Balaban J connectivity index is 2.03. The Kier molecular flexibility index (Phi) is 3.60. The van der Waals surface area contributed by atoms with Gasteiger partial charge in [0, 0.05) is 0 Å². The molecule has 1 aromatic carbocycles. The van der Waals surface area contributed by atoms with Crippen LogP contribution >= 0.6 is 0 Å². The molecule has 0 saturated heterocycles. The predicted octanol–water partition coefficient (Wildman–Crippen LogP) is 1.50. The summed E-state index contributed by atoms with van der Waals surface area (Å²) >= 11 is 0. The minimum atomic E-state index is -0.521. The summed E-state index contributed by atoms with van der Waals surface area (Å²) < 4.78 is 0. The molecule has 1 radical (unpaired) electrons. The zero-order chi connectivity index (χ0) is 16.4. The summed E-state index contributed by atoms with van der Waals surface area (Å²) in [4.78, 5) is 27.3. The molecule has 3 aromatic rings. The third kappa shape index (κ3) is 2.80. The highest BCUT2D eigenvalue weighted by atomic mass is 16.1. The van der Waals surface area contributed by atoms with Gasteiger partial charge in [0.25, 0.3) is 5.91 Å². The van der Waals surface area contributed by atoms with Crippen molar-refractivity contribution in [1.29, 1.82) is 5.26 Å². The molecule has 23 heavy (non-hydrogen) atoms. The summed E-state index contributed by atoms with van der Waals surface area (Å²) in [6, 6.07) is 7.55. The molecule has 1 amide bonds. The van der Waals surface area contributed by atoms with Gasteiger partial charge in [-0.3, -0.25) is 10.5 Å². The molecule has 0 aliphatic carbocycles. The zero-order valence-electron chi connectivity index (χ0n) is 12.2. The van der Waals surface area contributed by atoms with E-state index in [2.05, 4.69) is 25.3 Å². The average Bonchev–Trinajstić information content (AvgIpc) is 2.95. The first-order valence-electron chi connectivity index (χ1n) is 6.79. The number of aryl methyl sites for hydroxylation is 1. The first kappa shape index (κ1) is 14.5. The topological polar surface area (TPSA) is 131 Å². The molecule has 0 unspecified atom stereocenters. The zero-order valence-corrected chi connectivity index (χ0v) is 12.2. The van der Waals surface area contributed by atoms with Crippen LogP contribution in [0.25, 0.3) is 22.6 Å². The van der Waals surface area contributed by atoms with E-state index >= 15 is 0 Å². The minimum Gasteiger partial charge on any atom is -0.338 e. The minimum absolute atomic E-state index is 0.0305. The fraction of sp³-hybridized carbons (Fsp3) is 0.133. The van der Waals surface area contributed by atoms with Gasteiger partial charge in [0.1, 0.15) is 12.2 Å². The van der Waals surface area contributed by atoms with Gasteiger partial charge in [0.05, 0.1) is 23.3 Å². The van der Waals surface area contributed by atoms with Gasteiger partial charge in [0.15, 0.2) is 17.3 Å². The van der Waals surface area contributed by atoms with E-state index in [1.807, 2.05) is 31.2 Å². The molecule has 0 atom stereocenters. The molecule has 3 rings (SSSR count). The normalized spacial score (nSPS) is 10.4. The summed E-state index contributed by atoms with van der Waals surface area (Å²) in [5.41, 5.74) is 10.7. The Hall–Kier alpha value is -3.47. The maximum atomic E-state index is 11.9. The number of imidazole rings is 1. The number of nitriles is 1. The first-order valence-corrected chi connectivity index (χ1v) is 6.79. The van der Waals surface area contributed by atoms with Crippen LogP contribution in [0.3, 0.4) is 0 Å². The largest absolute Gasteiger partial charge is 0.338 e. The van der Waals surface area contributed by atoms with E-state index in [1.54, 1.807) is 0 Å². The molecule has 2 aromatic heterocycles. The Labute approximate surface area is 131 Å². The molecule has 0 aliphatic rings. The molecule has 8 heteroatoms. The molecule has 0 fully saturated rings. The lowest BCUT2D eigenvalue weighted by atomic mass is 10.2. The van der Waals surface area contributed by atoms with Crippen molar-refractivity contribution in [2.24, 2.45) is 0 Å². The molecule has 0 aliphatic heterocycles. The quantitative estimate of drug-likeness (QED) is 0.708. The first-order chi connectivity index (χ1) is 11.1. The number of hydrogen-bond acceptors (Lipinski definition) is 5. The fourth-order valence-corrected chi connectivity index (χ4v) is 2.11. The summed E-state index contributed by atoms with van der Waals surface area (Å²) in [7, 11) is 0. The molecule has 3 N–H and O–H groups in total. The lowest BCUT2D eigenvalue weighted by molar-refractivity contribution is 0.0953. The van der Waals surface area contributed by atoms with Crippen LogP contribution in [0, 0.1) is 18.3 Å². The number of amides is 1. The van der Waals surface area contributed by atoms with Crippen molar-refractivity contribution < 1.29 is 4.79 Å². The van der Waals surface area contributed by atoms with Crippen LogP contribution in [0.1, 0.15) is 16.1 Å². The third-order valence-corrected chi connectivity index (χ3v) is 3.19. The van der Waals surface area contributed by atoms with Gasteiger partial charge in [0.2, 0.25) is 0 Å². The number of nitrogens with one attached hydrogen (secondary N) is 3.